The number of fused-ring (bicyclic) bond motifs is 3. The largest absolute Gasteiger partial charge is 0.492 e. The lowest BCUT2D eigenvalue weighted by atomic mass is 9.88. The van der Waals surface area contributed by atoms with Crippen molar-refractivity contribution in [1.82, 2.24) is 4.57 Å². The maximum absolute atomic E-state index is 12.2. The van der Waals surface area contributed by atoms with Gasteiger partial charge in [-0.1, -0.05) is 25.4 Å². The lowest BCUT2D eigenvalue weighted by Gasteiger charge is -2.27. The van der Waals surface area contributed by atoms with Crippen LogP contribution in [0.5, 0.6) is 5.75 Å². The fourth-order valence-electron chi connectivity index (χ4n) is 3.18. The minimum atomic E-state index is 0.169. The Bertz CT molecular complexity index is 733. The summed E-state index contributed by atoms with van der Waals surface area (Å²) in [7, 11) is 0. The summed E-state index contributed by atoms with van der Waals surface area (Å²) in [5.74, 6) is 1.20. The summed E-state index contributed by atoms with van der Waals surface area (Å²) in [6, 6.07) is 5.90. The van der Waals surface area contributed by atoms with Gasteiger partial charge >= 0.3 is 0 Å². The van der Waals surface area contributed by atoms with Crippen molar-refractivity contribution >= 4 is 17.4 Å². The van der Waals surface area contributed by atoms with E-state index in [-0.39, 0.29) is 5.78 Å². The van der Waals surface area contributed by atoms with E-state index in [0.29, 0.717) is 29.7 Å². The Morgan fingerprint density at radius 2 is 2.18 bits per heavy atom. The Balaban J connectivity index is 2.23. The zero-order valence-corrected chi connectivity index (χ0v) is 13.9. The normalized spacial score (nSPS) is 16.1. The third-order valence-electron chi connectivity index (χ3n) is 4.25. The predicted octanol–water partition coefficient (Wildman–Crippen LogP) is 4.92. The number of Topliss-reactive ketones (excluding diaryl/α,β-unsaturated/α-hetero) is 1. The molecule has 4 heteroatoms. The smallest absolute Gasteiger partial charge is 0.164 e. The first-order valence-corrected chi connectivity index (χ1v) is 8.13. The van der Waals surface area contributed by atoms with Gasteiger partial charge in [0, 0.05) is 30.3 Å². The number of ether oxygens (including phenoxy) is 1. The second-order valence-electron chi connectivity index (χ2n) is 5.71. The van der Waals surface area contributed by atoms with Crippen LogP contribution >= 0.6 is 11.6 Å². The highest BCUT2D eigenvalue weighted by Crippen LogP contribution is 2.43. The van der Waals surface area contributed by atoms with Gasteiger partial charge in [-0.3, -0.25) is 4.79 Å². The van der Waals surface area contributed by atoms with Crippen LogP contribution in [0.3, 0.4) is 0 Å². The number of hydrogen-bond donors (Lipinski definition) is 0. The van der Waals surface area contributed by atoms with Gasteiger partial charge in [-0.05, 0) is 36.6 Å². The molecule has 0 fully saturated rings. The van der Waals surface area contributed by atoms with Crippen LogP contribution < -0.4 is 4.74 Å². The van der Waals surface area contributed by atoms with E-state index in [1.54, 1.807) is 0 Å². The van der Waals surface area contributed by atoms with Crippen molar-refractivity contribution in [2.45, 2.75) is 39.7 Å². The van der Waals surface area contributed by atoms with Crippen molar-refractivity contribution in [2.24, 2.45) is 0 Å². The molecular formula is C18H20ClNO2. The van der Waals surface area contributed by atoms with Crippen LogP contribution in [0.15, 0.2) is 24.4 Å². The molecule has 3 rings (SSSR count). The molecule has 22 heavy (non-hydrogen) atoms. The molecule has 3 nitrogen and oxygen atoms in total. The van der Waals surface area contributed by atoms with E-state index in [0.717, 1.165) is 23.4 Å². The molecule has 0 aliphatic carbocycles. The van der Waals surface area contributed by atoms with Gasteiger partial charge in [0.15, 0.2) is 5.78 Å². The first-order valence-electron chi connectivity index (χ1n) is 7.75. The number of halogens is 1. The summed E-state index contributed by atoms with van der Waals surface area (Å²) >= 11 is 6.34. The summed E-state index contributed by atoms with van der Waals surface area (Å²) in [4.78, 5) is 12.2. The van der Waals surface area contributed by atoms with Crippen LogP contribution in [-0.2, 0) is 6.54 Å². The minimum Gasteiger partial charge on any atom is -0.492 e. The van der Waals surface area contributed by atoms with E-state index in [4.69, 9.17) is 16.3 Å². The van der Waals surface area contributed by atoms with Crippen LogP contribution in [0.1, 0.15) is 49.0 Å². The van der Waals surface area contributed by atoms with Gasteiger partial charge in [-0.15, -0.1) is 0 Å². The lowest BCUT2D eigenvalue weighted by molar-refractivity contribution is 0.0988. The maximum Gasteiger partial charge on any atom is 0.164 e. The van der Waals surface area contributed by atoms with Crippen LogP contribution in [0.25, 0.3) is 11.3 Å². The predicted molar refractivity (Wildman–Crippen MR) is 89.1 cm³/mol. The molecule has 0 spiro atoms. The molecular weight excluding hydrogens is 298 g/mol. The molecule has 0 radical (unpaired) electrons. The van der Waals surface area contributed by atoms with Gasteiger partial charge in [0.2, 0.25) is 0 Å². The van der Waals surface area contributed by atoms with E-state index in [1.165, 1.54) is 5.56 Å². The monoisotopic (exact) mass is 317 g/mol. The Hall–Kier alpha value is -1.74. The Morgan fingerprint density at radius 1 is 1.41 bits per heavy atom. The van der Waals surface area contributed by atoms with E-state index in [2.05, 4.69) is 11.5 Å². The maximum atomic E-state index is 12.2. The molecule has 0 saturated carbocycles. The Kier molecular flexibility index (Phi) is 4.00. The van der Waals surface area contributed by atoms with Gasteiger partial charge < -0.3 is 9.30 Å². The standard InChI is InChI=1S/C18H20ClNO2/c1-4-16(21)12-6-7-20-10-11(3)13-8-15(19)17(22-5-2)9-14(13)18(12)20/h6-9,11H,4-5,10H2,1-3H3. The molecule has 0 N–H and O–H groups in total. The Labute approximate surface area is 135 Å². The molecule has 1 atom stereocenters. The zero-order valence-electron chi connectivity index (χ0n) is 13.1. The topological polar surface area (TPSA) is 31.2 Å². The molecule has 1 unspecified atom stereocenters. The highest BCUT2D eigenvalue weighted by molar-refractivity contribution is 6.32. The fourth-order valence-corrected chi connectivity index (χ4v) is 3.41. The second-order valence-corrected chi connectivity index (χ2v) is 6.12. The quantitative estimate of drug-likeness (QED) is 0.750. The van der Waals surface area contributed by atoms with Crippen LogP contribution in [-0.4, -0.2) is 17.0 Å². The second kappa shape index (κ2) is 5.81. The van der Waals surface area contributed by atoms with Crippen molar-refractivity contribution in [3.8, 4) is 17.0 Å². The molecule has 1 aromatic carbocycles. The average Bonchev–Trinajstić information content (AvgIpc) is 2.92. The SMILES string of the molecule is CCOc1cc2c(cc1Cl)C(C)Cn1ccc(C(=O)CC)c1-2. The third kappa shape index (κ3) is 2.34. The first-order chi connectivity index (χ1) is 10.6. The van der Waals surface area contributed by atoms with Crippen molar-refractivity contribution < 1.29 is 9.53 Å². The van der Waals surface area contributed by atoms with Crippen LogP contribution in [0.4, 0.5) is 0 Å². The van der Waals surface area contributed by atoms with Crippen molar-refractivity contribution in [1.29, 1.82) is 0 Å². The summed E-state index contributed by atoms with van der Waals surface area (Å²) in [5, 5.41) is 0.635. The van der Waals surface area contributed by atoms with Gasteiger partial charge in [-0.2, -0.15) is 0 Å². The number of rotatable bonds is 4. The van der Waals surface area contributed by atoms with Crippen LogP contribution in [0, 0.1) is 0 Å². The zero-order chi connectivity index (χ0) is 15.9. The lowest BCUT2D eigenvalue weighted by Crippen LogP contribution is -2.16. The average molecular weight is 318 g/mol. The summed E-state index contributed by atoms with van der Waals surface area (Å²) < 4.78 is 7.80. The van der Waals surface area contributed by atoms with E-state index < -0.39 is 0 Å². The number of nitrogens with zero attached hydrogens (tertiary/aromatic N) is 1. The Morgan fingerprint density at radius 3 is 2.86 bits per heavy atom. The highest BCUT2D eigenvalue weighted by atomic mass is 35.5. The molecule has 1 aliphatic rings. The van der Waals surface area contributed by atoms with E-state index in [9.17, 15) is 4.79 Å². The fraction of sp³-hybridized carbons (Fsp3) is 0.389. The summed E-state index contributed by atoms with van der Waals surface area (Å²) in [5.41, 5.74) is 4.04. The molecule has 0 bridgehead atoms. The van der Waals surface area contributed by atoms with Crippen LogP contribution in [0.2, 0.25) is 5.02 Å². The van der Waals surface area contributed by atoms with Crippen molar-refractivity contribution in [2.75, 3.05) is 6.61 Å². The van der Waals surface area contributed by atoms with E-state index in [1.807, 2.05) is 38.2 Å². The van der Waals surface area contributed by atoms with E-state index >= 15 is 0 Å². The highest BCUT2D eigenvalue weighted by Gasteiger charge is 2.27. The minimum absolute atomic E-state index is 0.169. The number of benzene rings is 1. The first kappa shape index (κ1) is 15.2. The van der Waals surface area contributed by atoms with Gasteiger partial charge in [0.1, 0.15) is 5.75 Å². The van der Waals surface area contributed by atoms with Crippen molar-refractivity contribution in [3.63, 3.8) is 0 Å². The number of carbonyl (C=O) groups is 1. The number of hydrogen-bond acceptors (Lipinski definition) is 2. The number of ketones is 1. The van der Waals surface area contributed by atoms with Gasteiger partial charge in [0.25, 0.3) is 0 Å². The van der Waals surface area contributed by atoms with Crippen molar-refractivity contribution in [3.05, 3.63) is 40.5 Å². The molecule has 1 aromatic heterocycles. The third-order valence-corrected chi connectivity index (χ3v) is 4.54. The molecule has 0 saturated heterocycles. The number of aromatic nitrogens is 1. The van der Waals surface area contributed by atoms with Gasteiger partial charge in [0.05, 0.1) is 17.3 Å². The summed E-state index contributed by atoms with van der Waals surface area (Å²) in [6.45, 7) is 7.44. The number of carbonyl (C=O) groups excluding carboxylic acids is 1. The molecule has 2 aromatic rings. The molecule has 1 aliphatic heterocycles. The molecule has 0 amide bonds. The molecule has 116 valence electrons. The van der Waals surface area contributed by atoms with Gasteiger partial charge in [-0.25, -0.2) is 0 Å². The molecule has 2 heterocycles. The summed E-state index contributed by atoms with van der Waals surface area (Å²) in [6.07, 6.45) is 2.51.